The van der Waals surface area contributed by atoms with Crippen molar-refractivity contribution in [1.29, 1.82) is 0 Å². The second-order valence-corrected chi connectivity index (χ2v) is 4.27. The minimum Gasteiger partial charge on any atom is -0.384 e. The Labute approximate surface area is 104 Å². The zero-order chi connectivity index (χ0) is 12.6. The molecule has 2 N–H and O–H groups in total. The molecule has 0 saturated heterocycles. The van der Waals surface area contributed by atoms with Gasteiger partial charge in [0.2, 0.25) is 0 Å². The van der Waals surface area contributed by atoms with E-state index in [4.69, 9.17) is 17.3 Å². The Morgan fingerprint density at radius 1 is 1.41 bits per heavy atom. The molecule has 0 aliphatic heterocycles. The Kier molecular flexibility index (Phi) is 3.07. The largest absolute Gasteiger partial charge is 0.384 e. The van der Waals surface area contributed by atoms with Gasteiger partial charge >= 0.3 is 0 Å². The second-order valence-electron chi connectivity index (χ2n) is 3.86. The average molecular weight is 254 g/mol. The maximum atomic E-state index is 13.6. The topological polar surface area (TPSA) is 43.8 Å². The number of rotatable bonds is 2. The summed E-state index contributed by atoms with van der Waals surface area (Å²) in [7, 11) is 1.75. The summed E-state index contributed by atoms with van der Waals surface area (Å²) in [5.74, 6) is 0.195. The Bertz CT molecular complexity index is 544. The summed E-state index contributed by atoms with van der Waals surface area (Å²) in [5, 5.41) is 4.35. The van der Waals surface area contributed by atoms with Crippen LogP contribution in [0.3, 0.4) is 0 Å². The van der Waals surface area contributed by atoms with Gasteiger partial charge in [0.1, 0.15) is 11.6 Å². The second kappa shape index (κ2) is 4.37. The van der Waals surface area contributed by atoms with E-state index in [2.05, 4.69) is 5.10 Å². The predicted molar refractivity (Wildman–Crippen MR) is 67.4 cm³/mol. The normalized spacial score (nSPS) is 10.8. The first-order chi connectivity index (χ1) is 8.02. The van der Waals surface area contributed by atoms with Gasteiger partial charge in [-0.15, -0.1) is 0 Å². The van der Waals surface area contributed by atoms with Crippen LogP contribution < -0.4 is 5.73 Å². The van der Waals surface area contributed by atoms with Crippen molar-refractivity contribution in [1.82, 2.24) is 9.78 Å². The number of benzene rings is 1. The van der Waals surface area contributed by atoms with Gasteiger partial charge in [0, 0.05) is 18.7 Å². The van der Waals surface area contributed by atoms with Crippen molar-refractivity contribution < 1.29 is 4.39 Å². The van der Waals surface area contributed by atoms with Gasteiger partial charge in [-0.05, 0) is 24.1 Å². The monoisotopic (exact) mass is 253 g/mol. The lowest BCUT2D eigenvalue weighted by Crippen LogP contribution is -1.96. The molecule has 0 bridgehead atoms. The minimum atomic E-state index is -0.359. The molecular weight excluding hydrogens is 241 g/mol. The molecule has 0 saturated carbocycles. The molecule has 0 radical (unpaired) electrons. The molecule has 2 rings (SSSR count). The number of nitrogens with zero attached hydrogens (tertiary/aromatic N) is 2. The van der Waals surface area contributed by atoms with Crippen molar-refractivity contribution in [3.63, 3.8) is 0 Å². The highest BCUT2D eigenvalue weighted by Crippen LogP contribution is 2.28. The number of aryl methyl sites for hydroxylation is 2. The highest BCUT2D eigenvalue weighted by Gasteiger charge is 2.11. The highest BCUT2D eigenvalue weighted by molar-refractivity contribution is 6.31. The van der Waals surface area contributed by atoms with Crippen molar-refractivity contribution in [3.8, 4) is 11.3 Å². The highest BCUT2D eigenvalue weighted by atomic mass is 35.5. The van der Waals surface area contributed by atoms with E-state index in [9.17, 15) is 4.39 Å². The van der Waals surface area contributed by atoms with Crippen molar-refractivity contribution >= 4 is 17.4 Å². The first-order valence-corrected chi connectivity index (χ1v) is 5.68. The van der Waals surface area contributed by atoms with Gasteiger partial charge in [-0.3, -0.25) is 4.68 Å². The van der Waals surface area contributed by atoms with E-state index < -0.39 is 0 Å². The molecular formula is C12H13ClFN3. The van der Waals surface area contributed by atoms with Crippen LogP contribution in [-0.4, -0.2) is 9.78 Å². The number of anilines is 1. The van der Waals surface area contributed by atoms with E-state index >= 15 is 0 Å². The van der Waals surface area contributed by atoms with Crippen LogP contribution in [0.2, 0.25) is 5.02 Å². The minimum absolute atomic E-state index is 0.114. The zero-order valence-electron chi connectivity index (χ0n) is 9.67. The molecule has 0 aliphatic rings. The van der Waals surface area contributed by atoms with Crippen LogP contribution in [0, 0.1) is 5.82 Å². The summed E-state index contributed by atoms with van der Waals surface area (Å²) >= 11 is 5.85. The molecule has 0 amide bonds. The van der Waals surface area contributed by atoms with E-state index in [0.717, 1.165) is 5.56 Å². The summed E-state index contributed by atoms with van der Waals surface area (Å²) in [5.41, 5.74) is 7.76. The number of aromatic nitrogens is 2. The molecule has 0 atom stereocenters. The number of hydrogen-bond acceptors (Lipinski definition) is 2. The fourth-order valence-electron chi connectivity index (χ4n) is 1.67. The molecule has 90 valence electrons. The first-order valence-electron chi connectivity index (χ1n) is 5.30. The van der Waals surface area contributed by atoms with Gasteiger partial charge < -0.3 is 5.73 Å². The van der Waals surface area contributed by atoms with Crippen LogP contribution in [0.4, 0.5) is 10.2 Å². The summed E-state index contributed by atoms with van der Waals surface area (Å²) in [6, 6.07) is 5.06. The van der Waals surface area contributed by atoms with Crippen LogP contribution in [0.25, 0.3) is 11.3 Å². The molecule has 3 nitrogen and oxygen atoms in total. The number of halogens is 2. The third-order valence-electron chi connectivity index (χ3n) is 2.70. The van der Waals surface area contributed by atoms with Gasteiger partial charge in [-0.25, -0.2) is 4.39 Å². The first kappa shape index (κ1) is 11.9. The van der Waals surface area contributed by atoms with E-state index in [1.54, 1.807) is 29.9 Å². The molecule has 2 aromatic rings. The Balaban J connectivity index is 2.56. The smallest absolute Gasteiger partial charge is 0.145 e. The molecule has 0 unspecified atom stereocenters. The van der Waals surface area contributed by atoms with E-state index in [0.29, 0.717) is 23.5 Å². The van der Waals surface area contributed by atoms with Crippen LogP contribution in [0.1, 0.15) is 12.5 Å². The maximum Gasteiger partial charge on any atom is 0.145 e. The summed E-state index contributed by atoms with van der Waals surface area (Å²) in [6.45, 7) is 1.88. The quantitative estimate of drug-likeness (QED) is 0.894. The lowest BCUT2D eigenvalue weighted by Gasteiger charge is -2.05. The standard InChI is InChI=1S/C12H13ClFN3/c1-3-7-4-8(5-9(13)12(7)14)10-6-11(15)17(2)16-10/h4-6H,3,15H2,1-2H3. The van der Waals surface area contributed by atoms with E-state index in [1.807, 2.05) is 6.92 Å². The van der Waals surface area contributed by atoms with E-state index in [-0.39, 0.29) is 10.8 Å². The maximum absolute atomic E-state index is 13.6. The van der Waals surface area contributed by atoms with Crippen molar-refractivity contribution in [2.45, 2.75) is 13.3 Å². The summed E-state index contributed by atoms with van der Waals surface area (Å²) < 4.78 is 15.2. The van der Waals surface area contributed by atoms with Gasteiger partial charge in [0.25, 0.3) is 0 Å². The summed E-state index contributed by atoms with van der Waals surface area (Å²) in [4.78, 5) is 0. The average Bonchev–Trinajstić information content (AvgIpc) is 2.63. The van der Waals surface area contributed by atoms with Crippen molar-refractivity contribution in [3.05, 3.63) is 34.6 Å². The molecule has 17 heavy (non-hydrogen) atoms. The number of nitrogens with two attached hydrogens (primary N) is 1. The van der Waals surface area contributed by atoms with Crippen LogP contribution >= 0.6 is 11.6 Å². The Hall–Kier alpha value is -1.55. The molecule has 1 aromatic heterocycles. The van der Waals surface area contributed by atoms with Crippen molar-refractivity contribution in [2.24, 2.45) is 7.05 Å². The number of nitrogen functional groups attached to an aromatic ring is 1. The van der Waals surface area contributed by atoms with Gasteiger partial charge in [-0.2, -0.15) is 5.10 Å². The fraction of sp³-hybridized carbons (Fsp3) is 0.250. The van der Waals surface area contributed by atoms with Crippen LogP contribution in [-0.2, 0) is 13.5 Å². The Morgan fingerprint density at radius 3 is 2.65 bits per heavy atom. The van der Waals surface area contributed by atoms with E-state index in [1.165, 1.54) is 0 Å². The fourth-order valence-corrected chi connectivity index (χ4v) is 1.91. The predicted octanol–water partition coefficient (Wildman–Crippen LogP) is 3.02. The van der Waals surface area contributed by atoms with Gasteiger partial charge in [0.05, 0.1) is 10.7 Å². The number of hydrogen-bond donors (Lipinski definition) is 1. The molecule has 0 fully saturated rings. The molecule has 5 heteroatoms. The Morgan fingerprint density at radius 2 is 2.12 bits per heavy atom. The van der Waals surface area contributed by atoms with Crippen LogP contribution in [0.5, 0.6) is 0 Å². The van der Waals surface area contributed by atoms with Gasteiger partial charge in [0.15, 0.2) is 0 Å². The van der Waals surface area contributed by atoms with Crippen molar-refractivity contribution in [2.75, 3.05) is 5.73 Å². The lowest BCUT2D eigenvalue weighted by molar-refractivity contribution is 0.613. The molecule has 0 aliphatic carbocycles. The summed E-state index contributed by atoms with van der Waals surface area (Å²) in [6.07, 6.45) is 0.585. The molecule has 1 heterocycles. The molecule has 0 spiro atoms. The van der Waals surface area contributed by atoms with Gasteiger partial charge in [-0.1, -0.05) is 18.5 Å². The lowest BCUT2D eigenvalue weighted by atomic mass is 10.1. The SMILES string of the molecule is CCc1cc(-c2cc(N)n(C)n2)cc(Cl)c1F. The molecule has 1 aromatic carbocycles. The third kappa shape index (κ3) is 2.13. The third-order valence-corrected chi connectivity index (χ3v) is 2.97. The van der Waals surface area contributed by atoms with Crippen LogP contribution in [0.15, 0.2) is 18.2 Å². The zero-order valence-corrected chi connectivity index (χ0v) is 10.4.